The number of hydrogen-bond donors (Lipinski definition) is 0. The van der Waals surface area contributed by atoms with Crippen LogP contribution in [0.25, 0.3) is 0 Å². The third-order valence-electron chi connectivity index (χ3n) is 5.72. The number of amides is 1. The molecule has 0 aromatic rings. The summed E-state index contributed by atoms with van der Waals surface area (Å²) in [6, 6.07) is 0. The van der Waals surface area contributed by atoms with Crippen LogP contribution in [0.4, 0.5) is 0 Å². The van der Waals surface area contributed by atoms with Crippen molar-refractivity contribution in [1.29, 1.82) is 0 Å². The van der Waals surface area contributed by atoms with E-state index in [0.29, 0.717) is 23.3 Å². The molecule has 0 radical (unpaired) electrons. The molecule has 1 amide bonds. The van der Waals surface area contributed by atoms with Crippen molar-refractivity contribution >= 4 is 27.5 Å². The summed E-state index contributed by atoms with van der Waals surface area (Å²) in [4.78, 5) is 14.4. The van der Waals surface area contributed by atoms with Gasteiger partial charge in [0.25, 0.3) is 0 Å². The smallest absolute Gasteiger partial charge is 0.232 e. The van der Waals surface area contributed by atoms with E-state index in [9.17, 15) is 13.2 Å². The Morgan fingerprint density at radius 1 is 1.09 bits per heavy atom. The van der Waals surface area contributed by atoms with Crippen LogP contribution in [0.1, 0.15) is 51.4 Å². The molecule has 3 rings (SSSR count). The van der Waals surface area contributed by atoms with Crippen LogP contribution in [-0.2, 0) is 14.6 Å². The highest BCUT2D eigenvalue weighted by atomic mass is 32.2. The van der Waals surface area contributed by atoms with Crippen molar-refractivity contribution in [3.63, 3.8) is 0 Å². The van der Waals surface area contributed by atoms with Crippen molar-refractivity contribution in [3.8, 4) is 0 Å². The van der Waals surface area contributed by atoms with Crippen molar-refractivity contribution in [1.82, 2.24) is 4.90 Å². The van der Waals surface area contributed by atoms with E-state index in [1.165, 1.54) is 44.9 Å². The topological polar surface area (TPSA) is 54.5 Å². The SMILES string of the molecule is O=C(CSC1CCS(=O)(=O)C1)N1CCC2(CCCCC2)CC1. The molecule has 1 unspecified atom stereocenters. The van der Waals surface area contributed by atoms with Gasteiger partial charge in [0, 0.05) is 18.3 Å². The molecule has 0 N–H and O–H groups in total. The van der Waals surface area contributed by atoms with Gasteiger partial charge in [-0.2, -0.15) is 0 Å². The zero-order valence-corrected chi connectivity index (χ0v) is 14.9. The minimum absolute atomic E-state index is 0.128. The van der Waals surface area contributed by atoms with Gasteiger partial charge in [0.05, 0.1) is 17.3 Å². The van der Waals surface area contributed by atoms with Crippen molar-refractivity contribution < 1.29 is 13.2 Å². The van der Waals surface area contributed by atoms with Crippen LogP contribution in [0.2, 0.25) is 0 Å². The van der Waals surface area contributed by atoms with Crippen LogP contribution in [-0.4, -0.2) is 54.8 Å². The van der Waals surface area contributed by atoms with Crippen molar-refractivity contribution in [2.75, 3.05) is 30.3 Å². The predicted octanol–water partition coefficient (Wildman–Crippen LogP) is 2.48. The molecule has 0 bridgehead atoms. The quantitative estimate of drug-likeness (QED) is 0.788. The Bertz CT molecular complexity index is 501. The summed E-state index contributed by atoms with van der Waals surface area (Å²) in [5.41, 5.74) is 0.529. The van der Waals surface area contributed by atoms with E-state index in [-0.39, 0.29) is 16.9 Å². The highest BCUT2D eigenvalue weighted by molar-refractivity contribution is 8.02. The monoisotopic (exact) mass is 345 g/mol. The Morgan fingerprint density at radius 3 is 2.36 bits per heavy atom. The number of hydrogen-bond acceptors (Lipinski definition) is 4. The normalized spacial score (nSPS) is 30.5. The average molecular weight is 346 g/mol. The van der Waals surface area contributed by atoms with Crippen LogP contribution in [0.15, 0.2) is 0 Å². The summed E-state index contributed by atoms with van der Waals surface area (Å²) < 4.78 is 22.9. The highest BCUT2D eigenvalue weighted by Gasteiger charge is 2.37. The summed E-state index contributed by atoms with van der Waals surface area (Å²) in [6.45, 7) is 1.81. The van der Waals surface area contributed by atoms with Crippen molar-refractivity contribution in [2.45, 2.75) is 56.6 Å². The van der Waals surface area contributed by atoms with E-state index < -0.39 is 9.84 Å². The molecule has 3 fully saturated rings. The molecule has 126 valence electrons. The molecular formula is C16H27NO3S2. The van der Waals surface area contributed by atoms with Gasteiger partial charge >= 0.3 is 0 Å². The maximum Gasteiger partial charge on any atom is 0.232 e. The summed E-state index contributed by atoms with van der Waals surface area (Å²) in [5.74, 6) is 1.21. The lowest BCUT2D eigenvalue weighted by Gasteiger charge is -2.44. The summed E-state index contributed by atoms with van der Waals surface area (Å²) in [7, 11) is -2.83. The fourth-order valence-corrected chi connectivity index (χ4v) is 7.75. The predicted molar refractivity (Wildman–Crippen MR) is 90.8 cm³/mol. The van der Waals surface area contributed by atoms with E-state index in [2.05, 4.69) is 0 Å². The zero-order chi connectivity index (χ0) is 15.6. The number of likely N-dealkylation sites (tertiary alicyclic amines) is 1. The molecule has 22 heavy (non-hydrogen) atoms. The van der Waals surface area contributed by atoms with Gasteiger partial charge in [0.1, 0.15) is 0 Å². The molecule has 6 heteroatoms. The van der Waals surface area contributed by atoms with Gasteiger partial charge in [0.2, 0.25) is 5.91 Å². The van der Waals surface area contributed by atoms with Crippen LogP contribution in [0.3, 0.4) is 0 Å². The molecule has 2 aliphatic heterocycles. The minimum atomic E-state index is -2.83. The first-order valence-corrected chi connectivity index (χ1v) is 11.4. The lowest BCUT2D eigenvalue weighted by atomic mass is 9.68. The highest BCUT2D eigenvalue weighted by Crippen LogP contribution is 2.44. The van der Waals surface area contributed by atoms with Gasteiger partial charge in [-0.25, -0.2) is 8.42 Å². The molecule has 1 aliphatic carbocycles. The second kappa shape index (κ2) is 6.71. The molecule has 0 aromatic carbocycles. The molecule has 1 spiro atoms. The number of thioether (sulfide) groups is 1. The number of piperidine rings is 1. The fraction of sp³-hybridized carbons (Fsp3) is 0.938. The van der Waals surface area contributed by atoms with Crippen LogP contribution >= 0.6 is 11.8 Å². The molecule has 3 aliphatic rings. The Hall–Kier alpha value is -0.230. The fourth-order valence-electron chi connectivity index (χ4n) is 4.21. The van der Waals surface area contributed by atoms with Gasteiger partial charge in [-0.3, -0.25) is 4.79 Å². The number of rotatable bonds is 3. The average Bonchev–Trinajstić information content (AvgIpc) is 2.86. The molecule has 4 nitrogen and oxygen atoms in total. The molecular weight excluding hydrogens is 318 g/mol. The van der Waals surface area contributed by atoms with Crippen LogP contribution in [0.5, 0.6) is 0 Å². The standard InChI is InChI=1S/C16H27NO3S2/c18-15(12-21-14-4-11-22(19,20)13-14)17-9-7-16(8-10-17)5-2-1-3-6-16/h14H,1-13H2. The first-order chi connectivity index (χ1) is 10.5. The van der Waals surface area contributed by atoms with Crippen LogP contribution in [0, 0.1) is 5.41 Å². The number of nitrogens with zero attached hydrogens (tertiary/aromatic N) is 1. The molecule has 0 aromatic heterocycles. The van der Waals surface area contributed by atoms with Gasteiger partial charge in [-0.15, -0.1) is 11.8 Å². The second-order valence-electron chi connectivity index (χ2n) is 7.28. The largest absolute Gasteiger partial charge is 0.342 e. The maximum absolute atomic E-state index is 12.3. The lowest BCUT2D eigenvalue weighted by Crippen LogP contribution is -2.44. The third kappa shape index (κ3) is 3.99. The Labute approximate surface area is 138 Å². The number of carbonyl (C=O) groups is 1. The Morgan fingerprint density at radius 2 is 1.77 bits per heavy atom. The minimum Gasteiger partial charge on any atom is -0.342 e. The first-order valence-electron chi connectivity index (χ1n) is 8.58. The number of sulfone groups is 1. The van der Waals surface area contributed by atoms with Crippen molar-refractivity contribution in [2.24, 2.45) is 5.41 Å². The lowest BCUT2D eigenvalue weighted by molar-refractivity contribution is -0.131. The molecule has 2 saturated heterocycles. The maximum atomic E-state index is 12.3. The van der Waals surface area contributed by atoms with E-state index in [1.54, 1.807) is 11.8 Å². The first kappa shape index (κ1) is 16.6. The number of carbonyl (C=O) groups excluding carboxylic acids is 1. The molecule has 2 heterocycles. The Balaban J connectivity index is 1.42. The van der Waals surface area contributed by atoms with Crippen molar-refractivity contribution in [3.05, 3.63) is 0 Å². The van der Waals surface area contributed by atoms with E-state index in [1.807, 2.05) is 4.90 Å². The van der Waals surface area contributed by atoms with E-state index >= 15 is 0 Å². The van der Waals surface area contributed by atoms with Gasteiger partial charge < -0.3 is 4.90 Å². The van der Waals surface area contributed by atoms with Gasteiger partial charge in [-0.1, -0.05) is 19.3 Å². The van der Waals surface area contributed by atoms with E-state index in [0.717, 1.165) is 13.1 Å². The Kier molecular flexibility index (Phi) is 5.07. The molecule has 1 saturated carbocycles. The summed E-state index contributed by atoms with van der Waals surface area (Å²) in [6.07, 6.45) is 9.85. The van der Waals surface area contributed by atoms with Gasteiger partial charge in [0.15, 0.2) is 9.84 Å². The summed E-state index contributed by atoms with van der Waals surface area (Å²) >= 11 is 1.54. The molecule has 1 atom stereocenters. The summed E-state index contributed by atoms with van der Waals surface area (Å²) in [5, 5.41) is 0.128. The van der Waals surface area contributed by atoms with Crippen LogP contribution < -0.4 is 0 Å². The second-order valence-corrected chi connectivity index (χ2v) is 10.8. The third-order valence-corrected chi connectivity index (χ3v) is 8.99. The van der Waals surface area contributed by atoms with E-state index in [4.69, 9.17) is 0 Å². The van der Waals surface area contributed by atoms with Gasteiger partial charge in [-0.05, 0) is 37.5 Å². The zero-order valence-electron chi connectivity index (χ0n) is 13.3.